The number of anilines is 2. The van der Waals surface area contributed by atoms with Gasteiger partial charge < -0.3 is 16.0 Å². The molecule has 1 atom stereocenters. The molecule has 0 heterocycles. The molecular weight excluding hydrogens is 362 g/mol. The molecule has 0 aromatic heterocycles. The topological polar surface area (TPSA) is 87.3 Å². The zero-order chi connectivity index (χ0) is 19.6. The first-order chi connectivity index (χ1) is 13.0. The largest absolute Gasteiger partial charge is 0.340 e. The summed E-state index contributed by atoms with van der Waals surface area (Å²) < 4.78 is 0. The number of hydrogen-bond acceptors (Lipinski definition) is 4. The molecule has 0 spiro atoms. The van der Waals surface area contributed by atoms with Crippen LogP contribution in [0.25, 0.3) is 0 Å². The van der Waals surface area contributed by atoms with Crippen LogP contribution in [0.3, 0.4) is 0 Å². The minimum Gasteiger partial charge on any atom is -0.340 e. The Morgan fingerprint density at radius 3 is 2.07 bits per heavy atom. The molecule has 0 unspecified atom stereocenters. The molecule has 0 radical (unpaired) electrons. The highest BCUT2D eigenvalue weighted by molar-refractivity contribution is 7.98. The fraction of sp³-hybridized carbons (Fsp3) is 0.250. The van der Waals surface area contributed by atoms with Gasteiger partial charge >= 0.3 is 0 Å². The Morgan fingerprint density at radius 2 is 1.52 bits per heavy atom. The molecule has 0 aliphatic rings. The molecule has 3 N–H and O–H groups in total. The minimum absolute atomic E-state index is 0.160. The molecule has 0 aliphatic carbocycles. The van der Waals surface area contributed by atoms with Crippen LogP contribution in [-0.4, -0.2) is 35.8 Å². The maximum atomic E-state index is 12.6. The third kappa shape index (κ3) is 6.79. The number of rotatable bonds is 8. The molecule has 0 saturated carbocycles. The summed E-state index contributed by atoms with van der Waals surface area (Å²) in [5.41, 5.74) is 1.76. The Balaban J connectivity index is 2.03. The van der Waals surface area contributed by atoms with Crippen molar-refractivity contribution < 1.29 is 14.4 Å². The lowest BCUT2D eigenvalue weighted by atomic mass is 10.1. The summed E-state index contributed by atoms with van der Waals surface area (Å²) in [6.07, 6.45) is 2.48. The standard InChI is InChI=1S/C20H23N3O3S/c1-14(24)21-16-8-10-17(11-9-16)22-20(26)18(12-13-27-2)23-19(25)15-6-4-3-5-7-15/h3-11,18H,12-13H2,1-2H3,(H,21,24)(H,22,26)(H,23,25)/t18-/m0/s1. The number of hydrogen-bond donors (Lipinski definition) is 3. The van der Waals surface area contributed by atoms with Gasteiger partial charge in [0.25, 0.3) is 5.91 Å². The van der Waals surface area contributed by atoms with Crippen LogP contribution in [0.15, 0.2) is 54.6 Å². The Hall–Kier alpha value is -2.80. The molecule has 2 aromatic carbocycles. The van der Waals surface area contributed by atoms with E-state index in [0.717, 1.165) is 5.75 Å². The van der Waals surface area contributed by atoms with Gasteiger partial charge in [0.2, 0.25) is 11.8 Å². The second kappa shape index (κ2) is 10.4. The van der Waals surface area contributed by atoms with Crippen molar-refractivity contribution in [3.63, 3.8) is 0 Å². The zero-order valence-electron chi connectivity index (χ0n) is 15.3. The van der Waals surface area contributed by atoms with Crippen molar-refractivity contribution in [3.05, 3.63) is 60.2 Å². The highest BCUT2D eigenvalue weighted by Gasteiger charge is 2.21. The average molecular weight is 385 g/mol. The van der Waals surface area contributed by atoms with Crippen molar-refractivity contribution in [1.29, 1.82) is 0 Å². The highest BCUT2D eigenvalue weighted by atomic mass is 32.2. The number of thioether (sulfide) groups is 1. The maximum absolute atomic E-state index is 12.6. The molecule has 0 bridgehead atoms. The van der Waals surface area contributed by atoms with E-state index in [1.165, 1.54) is 6.92 Å². The lowest BCUT2D eigenvalue weighted by molar-refractivity contribution is -0.118. The predicted molar refractivity (Wildman–Crippen MR) is 110 cm³/mol. The van der Waals surface area contributed by atoms with Gasteiger partial charge in [0, 0.05) is 23.9 Å². The predicted octanol–water partition coefficient (Wildman–Crippen LogP) is 3.14. The lowest BCUT2D eigenvalue weighted by Crippen LogP contribution is -2.44. The van der Waals surface area contributed by atoms with Crippen molar-refractivity contribution in [2.45, 2.75) is 19.4 Å². The molecule has 7 heteroatoms. The van der Waals surface area contributed by atoms with Gasteiger partial charge in [-0.05, 0) is 54.8 Å². The molecule has 0 fully saturated rings. The molecule has 0 saturated heterocycles. The second-order valence-corrected chi connectivity index (χ2v) is 6.91. The number of benzene rings is 2. The first-order valence-corrected chi connectivity index (χ1v) is 9.92. The van der Waals surface area contributed by atoms with Gasteiger partial charge in [-0.15, -0.1) is 0 Å². The number of carbonyl (C=O) groups excluding carboxylic acids is 3. The SMILES string of the molecule is CSCC[C@H](NC(=O)c1ccccc1)C(=O)Nc1ccc(NC(C)=O)cc1. The summed E-state index contributed by atoms with van der Waals surface area (Å²) in [6, 6.07) is 15.0. The Morgan fingerprint density at radius 1 is 0.926 bits per heavy atom. The summed E-state index contributed by atoms with van der Waals surface area (Å²) in [5, 5.41) is 8.29. The monoisotopic (exact) mass is 385 g/mol. The van der Waals surface area contributed by atoms with Gasteiger partial charge in [-0.3, -0.25) is 14.4 Å². The molecule has 27 heavy (non-hydrogen) atoms. The van der Waals surface area contributed by atoms with E-state index < -0.39 is 6.04 Å². The smallest absolute Gasteiger partial charge is 0.251 e. The first-order valence-electron chi connectivity index (χ1n) is 8.53. The van der Waals surface area contributed by atoms with E-state index in [1.54, 1.807) is 60.3 Å². The summed E-state index contributed by atoms with van der Waals surface area (Å²) in [5.74, 6) is 0.0280. The van der Waals surface area contributed by atoms with Crippen LogP contribution in [-0.2, 0) is 9.59 Å². The quantitative estimate of drug-likeness (QED) is 0.651. The van der Waals surface area contributed by atoms with Crippen LogP contribution >= 0.6 is 11.8 Å². The van der Waals surface area contributed by atoms with E-state index in [-0.39, 0.29) is 17.7 Å². The normalized spacial score (nSPS) is 11.3. The second-order valence-electron chi connectivity index (χ2n) is 5.92. The Bertz CT molecular complexity index is 779. The van der Waals surface area contributed by atoms with Crippen LogP contribution in [0.5, 0.6) is 0 Å². The molecule has 2 rings (SSSR count). The van der Waals surface area contributed by atoms with Gasteiger partial charge in [-0.2, -0.15) is 11.8 Å². The summed E-state index contributed by atoms with van der Waals surface area (Å²) in [6.45, 7) is 1.43. The van der Waals surface area contributed by atoms with Gasteiger partial charge in [0.1, 0.15) is 6.04 Å². The molecule has 6 nitrogen and oxygen atoms in total. The Kier molecular flexibility index (Phi) is 7.88. The maximum Gasteiger partial charge on any atom is 0.251 e. The molecule has 2 aromatic rings. The van der Waals surface area contributed by atoms with Crippen molar-refractivity contribution in [1.82, 2.24) is 5.32 Å². The summed E-state index contributed by atoms with van der Waals surface area (Å²) in [7, 11) is 0. The van der Waals surface area contributed by atoms with Crippen LogP contribution in [0.1, 0.15) is 23.7 Å². The molecule has 0 aliphatic heterocycles. The Labute approximate surface area is 163 Å². The summed E-state index contributed by atoms with van der Waals surface area (Å²) in [4.78, 5) is 36.1. The van der Waals surface area contributed by atoms with E-state index in [0.29, 0.717) is 23.4 Å². The van der Waals surface area contributed by atoms with E-state index in [1.807, 2.05) is 12.3 Å². The average Bonchev–Trinajstić information content (AvgIpc) is 2.66. The fourth-order valence-corrected chi connectivity index (χ4v) is 2.88. The van der Waals surface area contributed by atoms with Crippen molar-refractivity contribution in [2.75, 3.05) is 22.6 Å². The van der Waals surface area contributed by atoms with Crippen molar-refractivity contribution in [3.8, 4) is 0 Å². The third-order valence-corrected chi connectivity index (χ3v) is 4.39. The van der Waals surface area contributed by atoms with E-state index in [4.69, 9.17) is 0 Å². The van der Waals surface area contributed by atoms with Crippen LogP contribution in [0.4, 0.5) is 11.4 Å². The van der Waals surface area contributed by atoms with Crippen molar-refractivity contribution in [2.24, 2.45) is 0 Å². The number of amides is 3. The van der Waals surface area contributed by atoms with Crippen LogP contribution < -0.4 is 16.0 Å². The van der Waals surface area contributed by atoms with Gasteiger partial charge in [0.15, 0.2) is 0 Å². The van der Waals surface area contributed by atoms with Crippen molar-refractivity contribution >= 4 is 40.9 Å². The molecule has 142 valence electrons. The zero-order valence-corrected chi connectivity index (χ0v) is 16.1. The third-order valence-electron chi connectivity index (χ3n) is 3.74. The number of carbonyl (C=O) groups is 3. The number of nitrogens with one attached hydrogen (secondary N) is 3. The first kappa shape index (κ1) is 20.5. The van der Waals surface area contributed by atoms with Gasteiger partial charge in [-0.1, -0.05) is 18.2 Å². The molecular formula is C20H23N3O3S. The highest BCUT2D eigenvalue weighted by Crippen LogP contribution is 2.14. The fourth-order valence-electron chi connectivity index (χ4n) is 2.41. The van der Waals surface area contributed by atoms with Crippen LogP contribution in [0.2, 0.25) is 0 Å². The minimum atomic E-state index is -0.639. The summed E-state index contributed by atoms with van der Waals surface area (Å²) >= 11 is 1.61. The van der Waals surface area contributed by atoms with Crippen LogP contribution in [0, 0.1) is 0 Å². The van der Waals surface area contributed by atoms with E-state index >= 15 is 0 Å². The van der Waals surface area contributed by atoms with Gasteiger partial charge in [-0.25, -0.2) is 0 Å². The van der Waals surface area contributed by atoms with E-state index in [2.05, 4.69) is 16.0 Å². The van der Waals surface area contributed by atoms with E-state index in [9.17, 15) is 14.4 Å². The lowest BCUT2D eigenvalue weighted by Gasteiger charge is -2.18. The molecule has 3 amide bonds. The van der Waals surface area contributed by atoms with Gasteiger partial charge in [0.05, 0.1) is 0 Å².